The predicted molar refractivity (Wildman–Crippen MR) is 133 cm³/mol. The van der Waals surface area contributed by atoms with Gasteiger partial charge >= 0.3 is 0 Å². The summed E-state index contributed by atoms with van der Waals surface area (Å²) in [4.78, 5) is 0. The normalized spacial score (nSPS) is 13.9. The molecule has 0 amide bonds. The van der Waals surface area contributed by atoms with Crippen molar-refractivity contribution in [1.82, 2.24) is 0 Å². The Kier molecular flexibility index (Phi) is 9.08. The third-order valence-electron chi connectivity index (χ3n) is 6.08. The van der Waals surface area contributed by atoms with Gasteiger partial charge in [0.2, 0.25) is 0 Å². The molecule has 0 heterocycles. The first-order valence-electron chi connectivity index (χ1n) is 9.86. The summed E-state index contributed by atoms with van der Waals surface area (Å²) in [6.07, 6.45) is -0.168. The summed E-state index contributed by atoms with van der Waals surface area (Å²) in [6, 6.07) is 5.95. The zero-order chi connectivity index (χ0) is 22.0. The average molecular weight is 555 g/mol. The lowest BCUT2D eigenvalue weighted by Gasteiger charge is -2.39. The first-order valence-corrected chi connectivity index (χ1v) is 17.3. The Balaban J connectivity index is 3.00. The standard InChI is InChI=1S/C21H38Br2O3Si2/c1-20(2,3)27(7,8)24-14-16(15-25-28(9,10)21(4,5)6)26-19-17(22)12-11-13-18(19)23/h11-13,16H,14-15H2,1-10H3. The Morgan fingerprint density at radius 3 is 1.46 bits per heavy atom. The highest BCUT2D eigenvalue weighted by Crippen LogP contribution is 2.39. The smallest absolute Gasteiger partial charge is 0.192 e. The summed E-state index contributed by atoms with van der Waals surface area (Å²) in [5.74, 6) is 0.796. The van der Waals surface area contributed by atoms with Gasteiger partial charge in [0.15, 0.2) is 16.6 Å². The lowest BCUT2D eigenvalue weighted by Crippen LogP contribution is -2.47. The van der Waals surface area contributed by atoms with Crippen LogP contribution in [0.3, 0.4) is 0 Å². The molecule has 0 aliphatic rings. The lowest BCUT2D eigenvalue weighted by molar-refractivity contribution is 0.0695. The summed E-state index contributed by atoms with van der Waals surface area (Å²) >= 11 is 7.20. The second kappa shape index (κ2) is 9.64. The molecule has 0 aliphatic carbocycles. The van der Waals surface area contributed by atoms with Crippen molar-refractivity contribution < 1.29 is 13.6 Å². The second-order valence-corrected chi connectivity index (χ2v) is 21.8. The van der Waals surface area contributed by atoms with Gasteiger partial charge in [-0.25, -0.2) is 0 Å². The Bertz CT molecular complexity index is 600. The molecular weight excluding hydrogens is 516 g/mol. The molecule has 0 radical (unpaired) electrons. The molecule has 1 rings (SSSR count). The molecule has 0 bridgehead atoms. The van der Waals surface area contributed by atoms with E-state index < -0.39 is 16.6 Å². The number of benzene rings is 1. The van der Waals surface area contributed by atoms with Crippen LogP contribution < -0.4 is 4.74 Å². The van der Waals surface area contributed by atoms with Crippen LogP contribution in [0.15, 0.2) is 27.1 Å². The van der Waals surface area contributed by atoms with E-state index in [1.165, 1.54) is 0 Å². The Morgan fingerprint density at radius 1 is 0.786 bits per heavy atom. The molecule has 3 nitrogen and oxygen atoms in total. The number of ether oxygens (including phenoxy) is 1. The second-order valence-electron chi connectivity index (χ2n) is 10.4. The zero-order valence-corrected chi connectivity index (χ0v) is 24.4. The molecule has 0 unspecified atom stereocenters. The highest BCUT2D eigenvalue weighted by molar-refractivity contribution is 9.11. The maximum Gasteiger partial charge on any atom is 0.192 e. The largest absolute Gasteiger partial charge is 0.483 e. The van der Waals surface area contributed by atoms with Gasteiger partial charge in [-0.1, -0.05) is 47.6 Å². The summed E-state index contributed by atoms with van der Waals surface area (Å²) in [7, 11) is -3.74. The summed E-state index contributed by atoms with van der Waals surface area (Å²) in [5.41, 5.74) is 0. The Labute approximate surface area is 191 Å². The van der Waals surface area contributed by atoms with E-state index in [1.54, 1.807) is 0 Å². The Morgan fingerprint density at radius 2 is 1.14 bits per heavy atom. The van der Waals surface area contributed by atoms with E-state index >= 15 is 0 Å². The van der Waals surface area contributed by atoms with Crippen molar-refractivity contribution in [2.75, 3.05) is 13.2 Å². The van der Waals surface area contributed by atoms with Crippen molar-refractivity contribution in [2.45, 2.75) is 83.9 Å². The number of hydrogen-bond acceptors (Lipinski definition) is 3. The topological polar surface area (TPSA) is 27.7 Å². The summed E-state index contributed by atoms with van der Waals surface area (Å²) < 4.78 is 21.2. The lowest BCUT2D eigenvalue weighted by atomic mass is 10.2. The average Bonchev–Trinajstić information content (AvgIpc) is 2.50. The molecule has 162 valence electrons. The SMILES string of the molecule is CC(C)(C)[Si](C)(C)OCC(CO[Si](C)(C)C(C)(C)C)Oc1c(Br)cccc1Br. The van der Waals surface area contributed by atoms with E-state index in [-0.39, 0.29) is 16.2 Å². The fourth-order valence-electron chi connectivity index (χ4n) is 1.91. The van der Waals surface area contributed by atoms with Crippen molar-refractivity contribution in [1.29, 1.82) is 0 Å². The molecule has 1 aromatic rings. The molecule has 0 aromatic heterocycles. The summed E-state index contributed by atoms with van der Waals surface area (Å²) in [5, 5.41) is 0.317. The minimum atomic E-state index is -1.87. The fourth-order valence-corrected chi connectivity index (χ4v) is 5.17. The third-order valence-corrected chi connectivity index (χ3v) is 16.3. The number of para-hydroxylation sites is 1. The van der Waals surface area contributed by atoms with E-state index in [0.29, 0.717) is 13.2 Å². The third kappa shape index (κ3) is 7.23. The fraction of sp³-hybridized carbons (Fsp3) is 0.714. The van der Waals surface area contributed by atoms with Crippen LogP contribution in [-0.4, -0.2) is 36.0 Å². The zero-order valence-electron chi connectivity index (χ0n) is 19.2. The number of rotatable bonds is 8. The molecule has 0 saturated carbocycles. The van der Waals surface area contributed by atoms with Crippen molar-refractivity contribution in [3.05, 3.63) is 27.1 Å². The van der Waals surface area contributed by atoms with Crippen LogP contribution in [0.25, 0.3) is 0 Å². The van der Waals surface area contributed by atoms with E-state index in [9.17, 15) is 0 Å². The van der Waals surface area contributed by atoms with Crippen LogP contribution in [0.1, 0.15) is 41.5 Å². The van der Waals surface area contributed by atoms with E-state index in [0.717, 1.165) is 14.7 Å². The highest BCUT2D eigenvalue weighted by Gasteiger charge is 2.40. The van der Waals surface area contributed by atoms with E-state index in [4.69, 9.17) is 13.6 Å². The highest BCUT2D eigenvalue weighted by atomic mass is 79.9. The predicted octanol–water partition coefficient (Wildman–Crippen LogP) is 8.00. The van der Waals surface area contributed by atoms with E-state index in [2.05, 4.69) is 99.6 Å². The van der Waals surface area contributed by atoms with Gasteiger partial charge in [0.25, 0.3) is 0 Å². The van der Waals surface area contributed by atoms with E-state index in [1.807, 2.05) is 18.2 Å². The van der Waals surface area contributed by atoms with Gasteiger partial charge in [0, 0.05) is 0 Å². The molecule has 0 saturated heterocycles. The molecule has 0 spiro atoms. The van der Waals surface area contributed by atoms with Gasteiger partial charge in [-0.05, 0) is 80.3 Å². The number of hydrogen-bond donors (Lipinski definition) is 0. The van der Waals surface area contributed by atoms with Crippen LogP contribution in [0.4, 0.5) is 0 Å². The van der Waals surface area contributed by atoms with Gasteiger partial charge in [0.1, 0.15) is 11.9 Å². The van der Waals surface area contributed by atoms with Crippen molar-refractivity contribution in [3.8, 4) is 5.75 Å². The minimum absolute atomic E-state index is 0.158. The van der Waals surface area contributed by atoms with Crippen molar-refractivity contribution >= 4 is 48.5 Å². The van der Waals surface area contributed by atoms with Crippen molar-refractivity contribution in [2.24, 2.45) is 0 Å². The van der Waals surface area contributed by atoms with Crippen LogP contribution >= 0.6 is 31.9 Å². The van der Waals surface area contributed by atoms with Crippen LogP contribution in [0.2, 0.25) is 36.3 Å². The molecule has 0 N–H and O–H groups in total. The monoisotopic (exact) mass is 552 g/mol. The van der Waals surface area contributed by atoms with Gasteiger partial charge in [-0.3, -0.25) is 0 Å². The molecule has 0 fully saturated rings. The van der Waals surface area contributed by atoms with Crippen LogP contribution in [0, 0.1) is 0 Å². The van der Waals surface area contributed by atoms with Gasteiger partial charge < -0.3 is 13.6 Å². The van der Waals surface area contributed by atoms with Crippen molar-refractivity contribution in [3.63, 3.8) is 0 Å². The quantitative estimate of drug-likeness (QED) is 0.305. The maximum atomic E-state index is 6.48. The van der Waals surface area contributed by atoms with Gasteiger partial charge in [0.05, 0.1) is 22.2 Å². The summed E-state index contributed by atoms with van der Waals surface area (Å²) in [6.45, 7) is 23.7. The molecular formula is C21H38Br2O3Si2. The van der Waals surface area contributed by atoms with Crippen LogP contribution in [-0.2, 0) is 8.85 Å². The Hall–Kier alpha value is 0.334. The minimum Gasteiger partial charge on any atom is -0.483 e. The molecule has 7 heteroatoms. The molecule has 0 aliphatic heterocycles. The van der Waals surface area contributed by atoms with Crippen LogP contribution in [0.5, 0.6) is 5.75 Å². The molecule has 0 atom stereocenters. The first kappa shape index (κ1) is 26.4. The van der Waals surface area contributed by atoms with Gasteiger partial charge in [-0.2, -0.15) is 0 Å². The maximum absolute atomic E-state index is 6.48. The molecule has 28 heavy (non-hydrogen) atoms. The first-order chi connectivity index (χ1) is 12.5. The molecule has 1 aromatic carbocycles. The number of halogens is 2. The van der Waals surface area contributed by atoms with Gasteiger partial charge in [-0.15, -0.1) is 0 Å².